The minimum atomic E-state index is 0.261. The number of fused-ring (bicyclic) bond motifs is 1. The molecule has 0 aliphatic carbocycles. The van der Waals surface area contributed by atoms with Gasteiger partial charge in [0.25, 0.3) is 0 Å². The fourth-order valence-electron chi connectivity index (χ4n) is 2.14. The van der Waals surface area contributed by atoms with Crippen molar-refractivity contribution in [3.05, 3.63) is 35.1 Å². The maximum absolute atomic E-state index is 6.01. The van der Waals surface area contributed by atoms with Gasteiger partial charge in [-0.2, -0.15) is 0 Å². The molecule has 0 amide bonds. The van der Waals surface area contributed by atoms with Crippen LogP contribution in [0.3, 0.4) is 0 Å². The highest BCUT2D eigenvalue weighted by molar-refractivity contribution is 5.85. The molecule has 86 valence electrons. The molecule has 0 aliphatic heterocycles. The quantitative estimate of drug-likeness (QED) is 0.850. The maximum atomic E-state index is 6.01. The van der Waals surface area contributed by atoms with E-state index in [1.807, 2.05) is 7.05 Å². The van der Waals surface area contributed by atoms with Crippen LogP contribution in [0.2, 0.25) is 0 Å². The zero-order valence-corrected chi connectivity index (χ0v) is 10.4. The van der Waals surface area contributed by atoms with E-state index in [4.69, 9.17) is 4.42 Å². The van der Waals surface area contributed by atoms with Gasteiger partial charge in [-0.3, -0.25) is 0 Å². The van der Waals surface area contributed by atoms with Gasteiger partial charge < -0.3 is 9.73 Å². The molecule has 1 heterocycles. The van der Waals surface area contributed by atoms with Crippen molar-refractivity contribution in [2.24, 2.45) is 0 Å². The summed E-state index contributed by atoms with van der Waals surface area (Å²) in [7, 11) is 1.96. The number of benzene rings is 1. The summed E-state index contributed by atoms with van der Waals surface area (Å²) >= 11 is 0. The predicted molar refractivity (Wildman–Crippen MR) is 67.8 cm³/mol. The van der Waals surface area contributed by atoms with Crippen molar-refractivity contribution in [1.29, 1.82) is 0 Å². The Morgan fingerprint density at radius 2 is 2.12 bits per heavy atom. The second-order valence-corrected chi connectivity index (χ2v) is 4.25. The summed E-state index contributed by atoms with van der Waals surface area (Å²) in [4.78, 5) is 0. The maximum Gasteiger partial charge on any atom is 0.137 e. The van der Waals surface area contributed by atoms with Gasteiger partial charge in [0.15, 0.2) is 0 Å². The van der Waals surface area contributed by atoms with Crippen molar-refractivity contribution < 1.29 is 4.42 Å². The summed E-state index contributed by atoms with van der Waals surface area (Å²) < 4.78 is 6.01. The third-order valence-corrected chi connectivity index (χ3v) is 3.29. The van der Waals surface area contributed by atoms with Gasteiger partial charge in [-0.05, 0) is 38.4 Å². The molecular weight excluding hydrogens is 198 g/mol. The summed E-state index contributed by atoms with van der Waals surface area (Å²) in [5.41, 5.74) is 3.60. The first kappa shape index (κ1) is 11.2. The third-order valence-electron chi connectivity index (χ3n) is 3.29. The van der Waals surface area contributed by atoms with Crippen molar-refractivity contribution in [2.45, 2.75) is 33.2 Å². The molecule has 0 aliphatic rings. The fraction of sp³-hybridized carbons (Fsp3) is 0.429. The Morgan fingerprint density at radius 3 is 2.75 bits per heavy atom. The van der Waals surface area contributed by atoms with E-state index in [0.717, 1.165) is 17.8 Å². The minimum Gasteiger partial charge on any atom is -0.459 e. The van der Waals surface area contributed by atoms with Crippen LogP contribution in [0.1, 0.15) is 36.8 Å². The topological polar surface area (TPSA) is 25.2 Å². The molecule has 0 radical (unpaired) electrons. The van der Waals surface area contributed by atoms with Crippen LogP contribution in [-0.2, 0) is 6.42 Å². The number of hydrogen-bond donors (Lipinski definition) is 1. The van der Waals surface area contributed by atoms with Crippen molar-refractivity contribution in [3.8, 4) is 0 Å². The Labute approximate surface area is 96.6 Å². The molecule has 16 heavy (non-hydrogen) atoms. The van der Waals surface area contributed by atoms with Gasteiger partial charge in [0.1, 0.15) is 11.3 Å². The monoisotopic (exact) mass is 217 g/mol. The lowest BCUT2D eigenvalue weighted by atomic mass is 10.1. The van der Waals surface area contributed by atoms with Crippen LogP contribution in [0.15, 0.2) is 22.6 Å². The van der Waals surface area contributed by atoms with Gasteiger partial charge in [0.2, 0.25) is 0 Å². The molecule has 2 aromatic rings. The lowest BCUT2D eigenvalue weighted by molar-refractivity contribution is 0.470. The van der Waals surface area contributed by atoms with Gasteiger partial charge in [-0.25, -0.2) is 0 Å². The number of para-hydroxylation sites is 1. The van der Waals surface area contributed by atoms with Gasteiger partial charge in [0, 0.05) is 5.39 Å². The van der Waals surface area contributed by atoms with E-state index in [9.17, 15) is 0 Å². The van der Waals surface area contributed by atoms with Gasteiger partial charge in [-0.15, -0.1) is 0 Å². The molecule has 0 fully saturated rings. The van der Waals surface area contributed by atoms with E-state index in [-0.39, 0.29) is 6.04 Å². The van der Waals surface area contributed by atoms with Crippen LogP contribution in [0.25, 0.3) is 11.0 Å². The zero-order valence-electron chi connectivity index (χ0n) is 10.4. The lowest BCUT2D eigenvalue weighted by Crippen LogP contribution is -2.12. The second kappa shape index (κ2) is 4.30. The molecular formula is C14H19NO. The summed E-state index contributed by atoms with van der Waals surface area (Å²) in [5, 5.41) is 4.47. The Bertz CT molecular complexity index is 499. The molecule has 1 N–H and O–H groups in total. The highest BCUT2D eigenvalue weighted by atomic mass is 16.3. The number of nitrogens with one attached hydrogen (secondary N) is 1. The molecule has 0 saturated heterocycles. The largest absolute Gasteiger partial charge is 0.459 e. The fourth-order valence-corrected chi connectivity index (χ4v) is 2.14. The van der Waals surface area contributed by atoms with Gasteiger partial charge in [-0.1, -0.05) is 25.1 Å². The molecule has 2 heteroatoms. The third kappa shape index (κ3) is 1.63. The van der Waals surface area contributed by atoms with Crippen LogP contribution >= 0.6 is 0 Å². The van der Waals surface area contributed by atoms with E-state index >= 15 is 0 Å². The van der Waals surface area contributed by atoms with Crippen LogP contribution < -0.4 is 5.32 Å². The lowest BCUT2D eigenvalue weighted by Gasteiger charge is -2.07. The first-order valence-corrected chi connectivity index (χ1v) is 5.87. The smallest absolute Gasteiger partial charge is 0.137 e. The summed E-state index contributed by atoms with van der Waals surface area (Å²) in [5.74, 6) is 1.05. The Morgan fingerprint density at radius 1 is 1.38 bits per heavy atom. The van der Waals surface area contributed by atoms with E-state index in [1.54, 1.807) is 0 Å². The molecule has 2 nitrogen and oxygen atoms in total. The first-order valence-electron chi connectivity index (χ1n) is 5.87. The highest BCUT2D eigenvalue weighted by Crippen LogP contribution is 2.31. The molecule has 1 unspecified atom stereocenters. The van der Waals surface area contributed by atoms with Gasteiger partial charge >= 0.3 is 0 Å². The van der Waals surface area contributed by atoms with E-state index in [0.29, 0.717) is 0 Å². The summed E-state index contributed by atoms with van der Waals surface area (Å²) in [6.45, 7) is 6.42. The van der Waals surface area contributed by atoms with Gasteiger partial charge in [0.05, 0.1) is 6.04 Å². The van der Waals surface area contributed by atoms with Crippen LogP contribution in [0.5, 0.6) is 0 Å². The van der Waals surface area contributed by atoms with E-state index in [2.05, 4.69) is 44.3 Å². The molecule has 0 bridgehead atoms. The molecule has 1 aromatic heterocycles. The summed E-state index contributed by atoms with van der Waals surface area (Å²) in [6.07, 6.45) is 1.01. The molecule has 1 aromatic carbocycles. The van der Waals surface area contributed by atoms with Crippen molar-refractivity contribution >= 4 is 11.0 Å². The van der Waals surface area contributed by atoms with Crippen molar-refractivity contribution in [2.75, 3.05) is 7.05 Å². The van der Waals surface area contributed by atoms with Crippen LogP contribution in [0, 0.1) is 6.92 Å². The van der Waals surface area contributed by atoms with Crippen molar-refractivity contribution in [3.63, 3.8) is 0 Å². The molecule has 0 saturated carbocycles. The van der Waals surface area contributed by atoms with E-state index in [1.165, 1.54) is 16.5 Å². The number of furan rings is 1. The number of hydrogen-bond acceptors (Lipinski definition) is 2. The summed E-state index contributed by atoms with van der Waals surface area (Å²) in [6, 6.07) is 6.65. The Balaban J connectivity index is 2.67. The number of aryl methyl sites for hydroxylation is 2. The molecule has 2 rings (SSSR count). The SMILES string of the molecule is CCc1cccc2c(C)c(C(C)NC)oc12. The van der Waals surface area contributed by atoms with Crippen LogP contribution in [0.4, 0.5) is 0 Å². The average Bonchev–Trinajstić information content (AvgIpc) is 2.66. The standard InChI is InChI=1S/C14H19NO/c1-5-11-7-6-8-12-9(2)13(10(3)15-4)16-14(11)12/h6-8,10,15H,5H2,1-4H3. The minimum absolute atomic E-state index is 0.261. The molecule has 0 spiro atoms. The Hall–Kier alpha value is -1.28. The molecule has 1 atom stereocenters. The highest BCUT2D eigenvalue weighted by Gasteiger charge is 2.16. The van der Waals surface area contributed by atoms with Crippen LogP contribution in [-0.4, -0.2) is 7.05 Å². The van der Waals surface area contributed by atoms with E-state index < -0.39 is 0 Å². The average molecular weight is 217 g/mol. The number of rotatable bonds is 3. The second-order valence-electron chi connectivity index (χ2n) is 4.25. The van der Waals surface area contributed by atoms with Crippen molar-refractivity contribution in [1.82, 2.24) is 5.32 Å². The zero-order chi connectivity index (χ0) is 11.7. The Kier molecular flexibility index (Phi) is 3.01. The first-order chi connectivity index (χ1) is 7.69. The predicted octanol–water partition coefficient (Wildman–Crippen LogP) is 3.58. The normalized spacial score (nSPS) is 13.2.